The normalized spacial score (nSPS) is 14.4. The first-order valence-corrected chi connectivity index (χ1v) is 8.59. The van der Waals surface area contributed by atoms with Gasteiger partial charge in [-0.2, -0.15) is 0 Å². The van der Waals surface area contributed by atoms with Gasteiger partial charge in [-0.15, -0.1) is 0 Å². The Morgan fingerprint density at radius 3 is 2.54 bits per heavy atom. The second-order valence-electron chi connectivity index (χ2n) is 5.65. The van der Waals surface area contributed by atoms with Gasteiger partial charge in [0.2, 0.25) is 9.84 Å². The van der Waals surface area contributed by atoms with Crippen molar-refractivity contribution in [1.29, 1.82) is 0 Å². The second kappa shape index (κ2) is 4.55. The summed E-state index contributed by atoms with van der Waals surface area (Å²) in [5.41, 5.74) is 1.19. The minimum absolute atomic E-state index is 0.0854. The van der Waals surface area contributed by atoms with Gasteiger partial charge in [0.15, 0.2) is 5.43 Å². The number of benzene rings is 2. The van der Waals surface area contributed by atoms with Gasteiger partial charge in [0.1, 0.15) is 5.69 Å². The van der Waals surface area contributed by atoms with Crippen LogP contribution in [0.1, 0.15) is 16.1 Å². The van der Waals surface area contributed by atoms with Gasteiger partial charge >= 0.3 is 5.97 Å². The monoisotopic (exact) mass is 341 g/mol. The number of pyridine rings is 1. The highest BCUT2D eigenvalue weighted by Crippen LogP contribution is 2.46. The zero-order chi connectivity index (χ0) is 17.2. The van der Waals surface area contributed by atoms with E-state index in [0.717, 1.165) is 6.07 Å². The Bertz CT molecular complexity index is 1220. The number of hydrogen-bond acceptors (Lipinski definition) is 4. The summed E-state index contributed by atoms with van der Waals surface area (Å²) in [5.74, 6) is -1.25. The lowest BCUT2D eigenvalue weighted by Gasteiger charge is -2.09. The number of aryl methyl sites for hydroxylation is 1. The first-order valence-electron chi connectivity index (χ1n) is 7.11. The number of rotatable bonds is 1. The van der Waals surface area contributed by atoms with Crippen LogP contribution < -0.4 is 5.43 Å². The zero-order valence-corrected chi connectivity index (χ0v) is 13.3. The lowest BCUT2D eigenvalue weighted by molar-refractivity contribution is 0.0691. The number of aromatic nitrogens is 1. The molecule has 0 saturated carbocycles. The van der Waals surface area contributed by atoms with Crippen molar-refractivity contribution < 1.29 is 18.3 Å². The fraction of sp³-hybridized carbons (Fsp3) is 0.0588. The minimum Gasteiger partial charge on any atom is -0.477 e. The van der Waals surface area contributed by atoms with E-state index >= 15 is 0 Å². The van der Waals surface area contributed by atoms with Crippen LogP contribution in [0.4, 0.5) is 0 Å². The number of H-pyrrole nitrogens is 1. The molecule has 0 aliphatic carbocycles. The van der Waals surface area contributed by atoms with Crippen molar-refractivity contribution in [1.82, 2.24) is 4.98 Å². The highest BCUT2D eigenvalue weighted by atomic mass is 32.2. The van der Waals surface area contributed by atoms with Crippen molar-refractivity contribution in [2.45, 2.75) is 16.7 Å². The van der Waals surface area contributed by atoms with E-state index in [9.17, 15) is 18.0 Å². The Balaban J connectivity index is 2.24. The molecule has 1 aliphatic rings. The number of nitrogens with one attached hydrogen (secondary N) is 1. The summed E-state index contributed by atoms with van der Waals surface area (Å²) in [6, 6.07) is 8.91. The van der Waals surface area contributed by atoms with Crippen LogP contribution in [-0.2, 0) is 9.84 Å². The van der Waals surface area contributed by atoms with Crippen LogP contribution in [0, 0.1) is 6.92 Å². The van der Waals surface area contributed by atoms with Gasteiger partial charge in [-0.05, 0) is 24.6 Å². The SMILES string of the molecule is Cc1c2c(cc3c(=O)cc(C(=O)O)[nH]c13)S(=O)(=O)c1ccccc1-2. The largest absolute Gasteiger partial charge is 0.477 e. The number of sulfone groups is 1. The predicted molar refractivity (Wildman–Crippen MR) is 87.2 cm³/mol. The van der Waals surface area contributed by atoms with E-state index in [1.807, 2.05) is 0 Å². The third kappa shape index (κ3) is 1.73. The third-order valence-corrected chi connectivity index (χ3v) is 6.14. The number of hydrogen-bond donors (Lipinski definition) is 2. The van der Waals surface area contributed by atoms with Crippen molar-refractivity contribution in [3.63, 3.8) is 0 Å². The molecule has 7 heteroatoms. The highest BCUT2D eigenvalue weighted by molar-refractivity contribution is 7.92. The van der Waals surface area contributed by atoms with Gasteiger partial charge < -0.3 is 10.1 Å². The van der Waals surface area contributed by atoms with E-state index in [1.54, 1.807) is 25.1 Å². The van der Waals surface area contributed by atoms with E-state index in [1.165, 1.54) is 12.1 Å². The number of carboxylic acid groups (broad SMARTS) is 1. The molecule has 0 fully saturated rings. The van der Waals surface area contributed by atoms with Gasteiger partial charge in [0, 0.05) is 22.6 Å². The Morgan fingerprint density at radius 2 is 1.83 bits per heavy atom. The number of carboxylic acids is 1. The first-order chi connectivity index (χ1) is 11.3. The second-order valence-corrected chi connectivity index (χ2v) is 7.54. The van der Waals surface area contributed by atoms with Crippen LogP contribution in [-0.4, -0.2) is 24.5 Å². The summed E-state index contributed by atoms with van der Waals surface area (Å²) in [5, 5.41) is 9.29. The molecule has 0 atom stereocenters. The molecule has 0 unspecified atom stereocenters. The van der Waals surface area contributed by atoms with Gasteiger partial charge in [0.25, 0.3) is 0 Å². The fourth-order valence-corrected chi connectivity index (χ4v) is 4.97. The van der Waals surface area contributed by atoms with Gasteiger partial charge in [0.05, 0.1) is 15.3 Å². The highest BCUT2D eigenvalue weighted by Gasteiger charge is 2.35. The summed E-state index contributed by atoms with van der Waals surface area (Å²) < 4.78 is 25.5. The Labute approximate surface area is 136 Å². The fourth-order valence-electron chi connectivity index (χ4n) is 3.21. The Morgan fingerprint density at radius 1 is 1.12 bits per heavy atom. The molecule has 3 aromatic rings. The van der Waals surface area contributed by atoms with E-state index in [0.29, 0.717) is 22.2 Å². The summed E-state index contributed by atoms with van der Waals surface area (Å²) in [6.07, 6.45) is 0. The topological polar surface area (TPSA) is 104 Å². The van der Waals surface area contributed by atoms with Gasteiger partial charge in [-0.3, -0.25) is 4.79 Å². The van der Waals surface area contributed by atoms with Crippen LogP contribution in [0.3, 0.4) is 0 Å². The summed E-state index contributed by atoms with van der Waals surface area (Å²) in [4.78, 5) is 26.5. The maximum atomic E-state index is 12.8. The molecule has 4 rings (SSSR count). The van der Waals surface area contributed by atoms with Crippen molar-refractivity contribution in [3.05, 3.63) is 57.9 Å². The quantitative estimate of drug-likeness (QED) is 0.553. The van der Waals surface area contributed by atoms with Crippen molar-refractivity contribution in [2.75, 3.05) is 0 Å². The van der Waals surface area contributed by atoms with E-state index < -0.39 is 21.2 Å². The molecule has 0 saturated heterocycles. The van der Waals surface area contributed by atoms with Crippen molar-refractivity contribution in [3.8, 4) is 11.1 Å². The first kappa shape index (κ1) is 14.6. The lowest BCUT2D eigenvalue weighted by Crippen LogP contribution is -2.11. The van der Waals surface area contributed by atoms with Crippen LogP contribution in [0.15, 0.2) is 51.0 Å². The molecule has 24 heavy (non-hydrogen) atoms. The maximum Gasteiger partial charge on any atom is 0.352 e. The minimum atomic E-state index is -3.69. The van der Waals surface area contributed by atoms with Crippen molar-refractivity contribution in [2.24, 2.45) is 0 Å². The number of carbonyl (C=O) groups is 1. The Hall–Kier alpha value is -2.93. The van der Waals surface area contributed by atoms with Crippen LogP contribution >= 0.6 is 0 Å². The standard InChI is InChI=1S/C17H11NO5S/c1-8-15-9-4-2-3-5-13(9)24(22,23)14(15)6-10-12(19)7-11(17(20)21)18-16(8)10/h2-7H,1H3,(H,18,19)(H,20,21). The van der Waals surface area contributed by atoms with Crippen LogP contribution in [0.25, 0.3) is 22.0 Å². The van der Waals surface area contributed by atoms with Crippen LogP contribution in [0.2, 0.25) is 0 Å². The lowest BCUT2D eigenvalue weighted by atomic mass is 9.97. The van der Waals surface area contributed by atoms with E-state index in [2.05, 4.69) is 4.98 Å². The average molecular weight is 341 g/mol. The maximum absolute atomic E-state index is 12.8. The zero-order valence-electron chi connectivity index (χ0n) is 12.5. The summed E-state index contributed by atoms with van der Waals surface area (Å²) in [6.45, 7) is 1.68. The predicted octanol–water partition coefficient (Wildman–Crippen LogP) is 2.35. The summed E-state index contributed by atoms with van der Waals surface area (Å²) in [7, 11) is -3.69. The molecule has 1 aliphatic heterocycles. The van der Waals surface area contributed by atoms with Gasteiger partial charge in [-0.25, -0.2) is 13.2 Å². The molecule has 0 amide bonds. The third-order valence-electron chi connectivity index (χ3n) is 4.31. The number of fused-ring (bicyclic) bond motifs is 4. The van der Waals surface area contributed by atoms with Crippen molar-refractivity contribution >= 4 is 26.7 Å². The molecule has 2 heterocycles. The van der Waals surface area contributed by atoms with Crippen LogP contribution in [0.5, 0.6) is 0 Å². The molecular weight excluding hydrogens is 330 g/mol. The molecule has 0 spiro atoms. The molecule has 0 radical (unpaired) electrons. The smallest absolute Gasteiger partial charge is 0.352 e. The Kier molecular flexibility index (Phi) is 2.77. The molecule has 6 nitrogen and oxygen atoms in total. The number of aromatic amines is 1. The molecular formula is C17H11NO5S. The summed E-state index contributed by atoms with van der Waals surface area (Å²) >= 11 is 0. The molecule has 2 aromatic carbocycles. The molecule has 2 N–H and O–H groups in total. The van der Waals surface area contributed by atoms with E-state index in [-0.39, 0.29) is 20.9 Å². The molecule has 0 bridgehead atoms. The number of aromatic carboxylic acids is 1. The average Bonchev–Trinajstić information content (AvgIpc) is 2.77. The molecule has 120 valence electrons. The van der Waals surface area contributed by atoms with E-state index in [4.69, 9.17) is 5.11 Å². The molecule has 1 aromatic heterocycles. The van der Waals surface area contributed by atoms with Gasteiger partial charge in [-0.1, -0.05) is 18.2 Å².